The van der Waals surface area contributed by atoms with Crippen LogP contribution in [0.15, 0.2) is 24.3 Å². The van der Waals surface area contributed by atoms with Crippen molar-refractivity contribution in [3.05, 3.63) is 40.4 Å². The molecule has 0 bridgehead atoms. The molecule has 26 heavy (non-hydrogen) atoms. The molecule has 2 aromatic carbocycles. The van der Waals surface area contributed by atoms with E-state index in [0.717, 1.165) is 5.56 Å². The molecule has 2 rings (SSSR count). The van der Waals surface area contributed by atoms with Crippen molar-refractivity contribution in [1.29, 1.82) is 0 Å². The summed E-state index contributed by atoms with van der Waals surface area (Å²) < 4.78 is 21.1. The summed E-state index contributed by atoms with van der Waals surface area (Å²) in [7, 11) is 6.07. The van der Waals surface area contributed by atoms with Crippen LogP contribution in [-0.4, -0.2) is 34.3 Å². The first-order valence-electron chi connectivity index (χ1n) is 7.65. The van der Waals surface area contributed by atoms with E-state index in [1.165, 1.54) is 40.6 Å². The second-order valence-corrected chi connectivity index (χ2v) is 5.68. The number of carbonyl (C=O) groups excluding carboxylic acids is 1. The smallest absolute Gasteiger partial charge is 0.255 e. The van der Waals surface area contributed by atoms with E-state index >= 15 is 0 Å². The Hall–Kier alpha value is -2.80. The third-order valence-electron chi connectivity index (χ3n) is 3.79. The zero-order chi connectivity index (χ0) is 19.3. The fourth-order valence-electron chi connectivity index (χ4n) is 2.42. The third-order valence-corrected chi connectivity index (χ3v) is 4.12. The van der Waals surface area contributed by atoms with E-state index in [0.29, 0.717) is 28.7 Å². The average molecular weight is 381 g/mol. The minimum Gasteiger partial charge on any atom is -0.496 e. The Morgan fingerprint density at radius 2 is 1.50 bits per heavy atom. The number of hydrogen-bond acceptors (Lipinski definition) is 6. The van der Waals surface area contributed by atoms with Crippen molar-refractivity contribution in [2.45, 2.75) is 6.54 Å². The molecule has 0 radical (unpaired) electrons. The van der Waals surface area contributed by atoms with Crippen molar-refractivity contribution in [3.8, 4) is 23.0 Å². The maximum atomic E-state index is 12.6. The summed E-state index contributed by atoms with van der Waals surface area (Å²) in [5, 5.41) is 3.08. The maximum absolute atomic E-state index is 12.6. The van der Waals surface area contributed by atoms with Gasteiger partial charge < -0.3 is 30.0 Å². The van der Waals surface area contributed by atoms with E-state index in [1.807, 2.05) is 0 Å². The number of amides is 1. The number of carbonyl (C=O) groups is 1. The van der Waals surface area contributed by atoms with Gasteiger partial charge in [-0.15, -0.1) is 0 Å². The quantitative estimate of drug-likeness (QED) is 0.717. The van der Waals surface area contributed by atoms with Gasteiger partial charge in [0.25, 0.3) is 5.91 Å². The Morgan fingerprint density at radius 1 is 0.923 bits per heavy atom. The monoisotopic (exact) mass is 380 g/mol. The summed E-state index contributed by atoms with van der Waals surface area (Å²) in [6.45, 7) is 0.202. The van der Waals surface area contributed by atoms with Crippen molar-refractivity contribution in [2.75, 3.05) is 34.2 Å². The van der Waals surface area contributed by atoms with Crippen molar-refractivity contribution in [1.82, 2.24) is 5.32 Å². The van der Waals surface area contributed by atoms with E-state index in [9.17, 15) is 4.79 Å². The predicted octanol–water partition coefficient (Wildman–Crippen LogP) is 2.89. The van der Waals surface area contributed by atoms with Crippen molar-refractivity contribution in [3.63, 3.8) is 0 Å². The van der Waals surface area contributed by atoms with Crippen LogP contribution in [0.4, 0.5) is 5.69 Å². The number of hydrogen-bond donors (Lipinski definition) is 2. The van der Waals surface area contributed by atoms with Gasteiger partial charge in [-0.05, 0) is 12.1 Å². The van der Waals surface area contributed by atoms with Gasteiger partial charge in [-0.2, -0.15) is 0 Å². The molecule has 0 aliphatic heterocycles. The lowest BCUT2D eigenvalue weighted by molar-refractivity contribution is 0.0947. The highest BCUT2D eigenvalue weighted by Gasteiger charge is 2.17. The van der Waals surface area contributed by atoms with E-state index in [1.54, 1.807) is 12.1 Å². The van der Waals surface area contributed by atoms with Gasteiger partial charge in [0.1, 0.15) is 11.5 Å². The number of ether oxygens (including phenoxy) is 4. The van der Waals surface area contributed by atoms with E-state index in [-0.39, 0.29) is 23.0 Å². The number of nitrogens with two attached hydrogens (primary N) is 1. The summed E-state index contributed by atoms with van der Waals surface area (Å²) >= 11 is 6.01. The molecule has 0 aliphatic rings. The minimum absolute atomic E-state index is 0.202. The van der Waals surface area contributed by atoms with Gasteiger partial charge in [0.2, 0.25) is 0 Å². The molecule has 0 aliphatic carbocycles. The van der Waals surface area contributed by atoms with Gasteiger partial charge in [-0.3, -0.25) is 4.79 Å². The zero-order valence-corrected chi connectivity index (χ0v) is 15.8. The number of nitrogens with one attached hydrogen (secondary N) is 1. The second kappa shape index (κ2) is 8.53. The minimum atomic E-state index is -0.361. The van der Waals surface area contributed by atoms with Crippen LogP contribution < -0.4 is 30.0 Å². The third kappa shape index (κ3) is 4.05. The van der Waals surface area contributed by atoms with Crippen LogP contribution in [0.5, 0.6) is 23.0 Å². The lowest BCUT2D eigenvalue weighted by Crippen LogP contribution is -2.23. The molecule has 3 N–H and O–H groups in total. The largest absolute Gasteiger partial charge is 0.496 e. The molecule has 8 heteroatoms. The molecule has 0 unspecified atom stereocenters. The van der Waals surface area contributed by atoms with E-state index in [2.05, 4.69) is 5.32 Å². The van der Waals surface area contributed by atoms with Gasteiger partial charge >= 0.3 is 0 Å². The lowest BCUT2D eigenvalue weighted by atomic mass is 10.1. The number of anilines is 1. The van der Waals surface area contributed by atoms with Crippen molar-refractivity contribution >= 4 is 23.2 Å². The molecular weight excluding hydrogens is 360 g/mol. The van der Waals surface area contributed by atoms with Crippen LogP contribution in [0, 0.1) is 0 Å². The molecule has 0 aromatic heterocycles. The van der Waals surface area contributed by atoms with Crippen LogP contribution in [0.1, 0.15) is 15.9 Å². The topological polar surface area (TPSA) is 92.0 Å². The summed E-state index contributed by atoms with van der Waals surface area (Å²) in [5.41, 5.74) is 7.08. The highest BCUT2D eigenvalue weighted by molar-refractivity contribution is 6.33. The molecule has 0 saturated heterocycles. The highest BCUT2D eigenvalue weighted by atomic mass is 35.5. The highest BCUT2D eigenvalue weighted by Crippen LogP contribution is 2.35. The van der Waals surface area contributed by atoms with Crippen LogP contribution in [0.25, 0.3) is 0 Å². The van der Waals surface area contributed by atoms with Crippen LogP contribution in [0.2, 0.25) is 5.02 Å². The summed E-state index contributed by atoms with van der Waals surface area (Å²) in [4.78, 5) is 12.6. The zero-order valence-electron chi connectivity index (χ0n) is 15.0. The first kappa shape index (κ1) is 19.5. The van der Waals surface area contributed by atoms with Gasteiger partial charge in [-0.25, -0.2) is 0 Å². The first-order chi connectivity index (χ1) is 12.4. The standard InChI is InChI=1S/C18H21ClN2O5/c1-23-14-8-17(26-4)16(25-3)5-10(14)9-21-18(22)11-6-12(19)13(20)7-15(11)24-2/h5-8H,9,20H2,1-4H3,(H,21,22). The Bertz CT molecular complexity index is 811. The molecule has 0 saturated carbocycles. The van der Waals surface area contributed by atoms with Crippen LogP contribution in [0.3, 0.4) is 0 Å². The molecule has 2 aromatic rings. The number of methoxy groups -OCH3 is 4. The van der Waals surface area contributed by atoms with E-state index in [4.69, 9.17) is 36.3 Å². The first-order valence-corrected chi connectivity index (χ1v) is 8.03. The number of rotatable bonds is 7. The molecule has 0 spiro atoms. The average Bonchev–Trinajstić information content (AvgIpc) is 2.66. The summed E-state index contributed by atoms with van der Waals surface area (Å²) in [6, 6.07) is 6.41. The molecule has 0 atom stereocenters. The number of nitrogen functional groups attached to an aromatic ring is 1. The predicted molar refractivity (Wildman–Crippen MR) is 99.7 cm³/mol. The molecule has 0 heterocycles. The molecule has 140 valence electrons. The number of benzene rings is 2. The van der Waals surface area contributed by atoms with Gasteiger partial charge in [0, 0.05) is 24.2 Å². The summed E-state index contributed by atoms with van der Waals surface area (Å²) in [6.07, 6.45) is 0. The fourth-order valence-corrected chi connectivity index (χ4v) is 2.58. The SMILES string of the molecule is COc1cc(OC)c(OC)cc1CNC(=O)c1cc(Cl)c(N)cc1OC. The Labute approximate surface area is 156 Å². The Balaban J connectivity index is 2.26. The second-order valence-electron chi connectivity index (χ2n) is 5.28. The maximum Gasteiger partial charge on any atom is 0.255 e. The Morgan fingerprint density at radius 3 is 2.08 bits per heavy atom. The van der Waals surface area contributed by atoms with Crippen LogP contribution >= 0.6 is 11.6 Å². The molecule has 1 amide bonds. The molecule has 0 fully saturated rings. The van der Waals surface area contributed by atoms with Gasteiger partial charge in [0.05, 0.1) is 44.7 Å². The number of halogens is 1. The van der Waals surface area contributed by atoms with E-state index < -0.39 is 0 Å². The molecular formula is C18H21ClN2O5. The van der Waals surface area contributed by atoms with Crippen molar-refractivity contribution in [2.24, 2.45) is 0 Å². The van der Waals surface area contributed by atoms with Crippen molar-refractivity contribution < 1.29 is 23.7 Å². The lowest BCUT2D eigenvalue weighted by Gasteiger charge is -2.15. The van der Waals surface area contributed by atoms with Gasteiger partial charge in [-0.1, -0.05) is 11.6 Å². The Kier molecular flexibility index (Phi) is 6.41. The fraction of sp³-hybridized carbons (Fsp3) is 0.278. The normalized spacial score (nSPS) is 10.2. The van der Waals surface area contributed by atoms with Gasteiger partial charge in [0.15, 0.2) is 11.5 Å². The summed E-state index contributed by atoms with van der Waals surface area (Å²) in [5.74, 6) is 1.60. The molecule has 7 nitrogen and oxygen atoms in total. The van der Waals surface area contributed by atoms with Crippen LogP contribution in [-0.2, 0) is 6.54 Å².